The smallest absolute Gasteiger partial charge is 0.121 e. The summed E-state index contributed by atoms with van der Waals surface area (Å²) in [5.41, 5.74) is 5.25. The van der Waals surface area contributed by atoms with Crippen molar-refractivity contribution in [3.05, 3.63) is 77.6 Å². The number of nitrogens with one attached hydrogen (secondary N) is 1. The first-order chi connectivity index (χ1) is 12.3. The predicted molar refractivity (Wildman–Crippen MR) is 101 cm³/mol. The predicted octanol–water partition coefficient (Wildman–Crippen LogP) is 4.47. The van der Waals surface area contributed by atoms with Crippen LogP contribution in [0.25, 0.3) is 11.0 Å². The Labute approximate surface area is 148 Å². The van der Waals surface area contributed by atoms with Gasteiger partial charge in [-0.05, 0) is 43.4 Å². The summed E-state index contributed by atoms with van der Waals surface area (Å²) < 4.78 is 0. The summed E-state index contributed by atoms with van der Waals surface area (Å²) in [6.07, 6.45) is 7.42. The van der Waals surface area contributed by atoms with E-state index in [0.717, 1.165) is 29.8 Å². The lowest BCUT2D eigenvalue weighted by atomic mass is 9.95. The van der Waals surface area contributed by atoms with Crippen LogP contribution in [0.3, 0.4) is 0 Å². The van der Waals surface area contributed by atoms with E-state index in [1.165, 1.54) is 24.8 Å². The minimum atomic E-state index is 0.575. The van der Waals surface area contributed by atoms with Gasteiger partial charge in [-0.1, -0.05) is 54.1 Å². The van der Waals surface area contributed by atoms with E-state index in [-0.39, 0.29) is 0 Å². The molecule has 2 atom stereocenters. The third-order valence-corrected chi connectivity index (χ3v) is 5.66. The van der Waals surface area contributed by atoms with Crippen molar-refractivity contribution in [1.82, 2.24) is 14.9 Å². The van der Waals surface area contributed by atoms with E-state index in [1.807, 2.05) is 0 Å². The lowest BCUT2D eigenvalue weighted by Gasteiger charge is -2.33. The van der Waals surface area contributed by atoms with E-state index in [1.54, 1.807) is 5.57 Å². The van der Waals surface area contributed by atoms with Gasteiger partial charge in [0.1, 0.15) is 5.82 Å². The van der Waals surface area contributed by atoms with Gasteiger partial charge in [0.05, 0.1) is 17.6 Å². The standard InChI is InChI=1S/C22H23N3/c1-2-6-16(7-3-1)12-17-13-18-10-11-19(14-17)25(18)15-22-23-20-8-4-5-9-21(20)24-22/h1-9,13,18-19H,10-12,14-15H2,(H,23,24). The Hall–Kier alpha value is -2.39. The van der Waals surface area contributed by atoms with E-state index in [2.05, 4.69) is 70.6 Å². The number of fused-ring (bicyclic) bond motifs is 3. The van der Waals surface area contributed by atoms with E-state index in [4.69, 9.17) is 4.98 Å². The van der Waals surface area contributed by atoms with Crippen LogP contribution in [0.15, 0.2) is 66.2 Å². The van der Waals surface area contributed by atoms with Gasteiger partial charge in [0, 0.05) is 12.1 Å². The molecule has 2 aliphatic rings. The monoisotopic (exact) mass is 329 g/mol. The summed E-state index contributed by atoms with van der Waals surface area (Å²) >= 11 is 0. The maximum atomic E-state index is 4.77. The van der Waals surface area contributed by atoms with Crippen LogP contribution in [0.2, 0.25) is 0 Å². The SMILES string of the molecule is C1=C(Cc2ccccc2)CC2CCC1N2Cc1nc2ccccc2[nH]1. The first-order valence-corrected chi connectivity index (χ1v) is 9.28. The van der Waals surface area contributed by atoms with Gasteiger partial charge < -0.3 is 4.98 Å². The Bertz CT molecular complexity index is 876. The highest BCUT2D eigenvalue weighted by molar-refractivity contribution is 5.74. The molecule has 126 valence electrons. The quantitative estimate of drug-likeness (QED) is 0.716. The third-order valence-electron chi connectivity index (χ3n) is 5.66. The fourth-order valence-corrected chi connectivity index (χ4v) is 4.50. The van der Waals surface area contributed by atoms with E-state index in [9.17, 15) is 0 Å². The second-order valence-electron chi connectivity index (χ2n) is 7.36. The lowest BCUT2D eigenvalue weighted by molar-refractivity contribution is 0.190. The van der Waals surface area contributed by atoms with Crippen LogP contribution < -0.4 is 0 Å². The highest BCUT2D eigenvalue weighted by Crippen LogP contribution is 2.36. The summed E-state index contributed by atoms with van der Waals surface area (Å²) in [7, 11) is 0. The van der Waals surface area contributed by atoms with E-state index in [0.29, 0.717) is 12.1 Å². The fourth-order valence-electron chi connectivity index (χ4n) is 4.50. The van der Waals surface area contributed by atoms with Crippen molar-refractivity contribution in [3.8, 4) is 0 Å². The number of imidazole rings is 1. The second-order valence-corrected chi connectivity index (χ2v) is 7.36. The minimum Gasteiger partial charge on any atom is -0.341 e. The first-order valence-electron chi connectivity index (χ1n) is 9.28. The summed E-state index contributed by atoms with van der Waals surface area (Å²) in [6.45, 7) is 0.930. The molecule has 0 spiro atoms. The van der Waals surface area contributed by atoms with Crippen LogP contribution >= 0.6 is 0 Å². The molecule has 2 bridgehead atoms. The second kappa shape index (κ2) is 6.16. The Kier molecular flexibility index (Phi) is 3.67. The zero-order valence-corrected chi connectivity index (χ0v) is 14.4. The molecule has 3 nitrogen and oxygen atoms in total. The molecule has 0 radical (unpaired) electrons. The number of hydrogen-bond acceptors (Lipinski definition) is 2. The van der Waals surface area contributed by atoms with Crippen LogP contribution in [-0.2, 0) is 13.0 Å². The topological polar surface area (TPSA) is 31.9 Å². The maximum Gasteiger partial charge on any atom is 0.121 e. The largest absolute Gasteiger partial charge is 0.341 e. The summed E-state index contributed by atoms with van der Waals surface area (Å²) in [4.78, 5) is 10.9. The highest BCUT2D eigenvalue weighted by Gasteiger charge is 2.36. The third kappa shape index (κ3) is 2.89. The molecule has 2 aliphatic heterocycles. The fraction of sp³-hybridized carbons (Fsp3) is 0.318. The molecule has 25 heavy (non-hydrogen) atoms. The molecule has 0 amide bonds. The number of H-pyrrole nitrogens is 1. The number of nitrogens with zero attached hydrogens (tertiary/aromatic N) is 2. The zero-order chi connectivity index (χ0) is 16.6. The number of rotatable bonds is 4. The number of aromatic nitrogens is 2. The van der Waals surface area contributed by atoms with Crippen molar-refractivity contribution in [2.24, 2.45) is 0 Å². The van der Waals surface area contributed by atoms with Crippen molar-refractivity contribution in [2.75, 3.05) is 0 Å². The van der Waals surface area contributed by atoms with Gasteiger partial charge in [0.2, 0.25) is 0 Å². The van der Waals surface area contributed by atoms with Gasteiger partial charge in [-0.25, -0.2) is 4.98 Å². The molecular weight excluding hydrogens is 306 g/mol. The van der Waals surface area contributed by atoms with Crippen LogP contribution in [0, 0.1) is 0 Å². The van der Waals surface area contributed by atoms with Crippen molar-refractivity contribution >= 4 is 11.0 Å². The van der Waals surface area contributed by atoms with Crippen LogP contribution in [0.4, 0.5) is 0 Å². The zero-order valence-electron chi connectivity index (χ0n) is 14.4. The van der Waals surface area contributed by atoms with Gasteiger partial charge in [-0.2, -0.15) is 0 Å². The molecule has 1 saturated heterocycles. The number of benzene rings is 2. The van der Waals surface area contributed by atoms with Crippen LogP contribution in [0.5, 0.6) is 0 Å². The van der Waals surface area contributed by atoms with Gasteiger partial charge in [0.15, 0.2) is 0 Å². The molecule has 0 aliphatic carbocycles. The van der Waals surface area contributed by atoms with Gasteiger partial charge in [-0.3, -0.25) is 4.90 Å². The molecule has 2 unspecified atom stereocenters. The molecule has 1 N–H and O–H groups in total. The molecule has 3 aromatic rings. The van der Waals surface area contributed by atoms with Crippen molar-refractivity contribution in [2.45, 2.75) is 44.3 Å². The van der Waals surface area contributed by atoms with Crippen molar-refractivity contribution < 1.29 is 0 Å². The number of aromatic amines is 1. The lowest BCUT2D eigenvalue weighted by Crippen LogP contribution is -2.38. The summed E-state index contributed by atoms with van der Waals surface area (Å²) in [5.74, 6) is 1.10. The molecule has 1 fully saturated rings. The first kappa shape index (κ1) is 14.9. The van der Waals surface area contributed by atoms with E-state index < -0.39 is 0 Å². The normalized spacial score (nSPS) is 23.1. The van der Waals surface area contributed by atoms with Crippen molar-refractivity contribution in [1.29, 1.82) is 0 Å². The van der Waals surface area contributed by atoms with Crippen LogP contribution in [-0.4, -0.2) is 27.0 Å². The Balaban J connectivity index is 1.34. The number of para-hydroxylation sites is 2. The minimum absolute atomic E-state index is 0.575. The van der Waals surface area contributed by atoms with Crippen LogP contribution in [0.1, 0.15) is 30.7 Å². The average molecular weight is 329 g/mol. The summed E-state index contributed by atoms with van der Waals surface area (Å²) in [6, 6.07) is 20.4. The van der Waals surface area contributed by atoms with Crippen molar-refractivity contribution in [3.63, 3.8) is 0 Å². The molecule has 5 rings (SSSR count). The number of hydrogen-bond donors (Lipinski definition) is 1. The van der Waals surface area contributed by atoms with E-state index >= 15 is 0 Å². The summed E-state index contributed by atoms with van der Waals surface area (Å²) in [5, 5.41) is 0. The highest BCUT2D eigenvalue weighted by atomic mass is 15.2. The molecule has 3 heteroatoms. The maximum absolute atomic E-state index is 4.77. The average Bonchev–Trinajstić information content (AvgIpc) is 3.14. The molecule has 1 aromatic heterocycles. The molecule has 0 saturated carbocycles. The molecular formula is C22H23N3. The Morgan fingerprint density at radius 2 is 1.84 bits per heavy atom. The molecule has 3 heterocycles. The Morgan fingerprint density at radius 3 is 2.68 bits per heavy atom. The van der Waals surface area contributed by atoms with Gasteiger partial charge in [0.25, 0.3) is 0 Å². The van der Waals surface area contributed by atoms with Gasteiger partial charge >= 0.3 is 0 Å². The molecule has 2 aromatic carbocycles. The Morgan fingerprint density at radius 1 is 1.00 bits per heavy atom. The van der Waals surface area contributed by atoms with Gasteiger partial charge in [-0.15, -0.1) is 0 Å².